The van der Waals surface area contributed by atoms with E-state index in [1.165, 1.54) is 11.9 Å². The van der Waals surface area contributed by atoms with Crippen LogP contribution in [0.1, 0.15) is 27.4 Å². The number of hydrogen-bond donors (Lipinski definition) is 1. The number of nitrogen functional groups attached to an aromatic ring is 1. The number of anilines is 1. The van der Waals surface area contributed by atoms with Crippen LogP contribution < -0.4 is 5.73 Å². The Kier molecular flexibility index (Phi) is 3.93. The van der Waals surface area contributed by atoms with E-state index in [4.69, 9.17) is 10.3 Å². The number of carbonyl (C=O) groups excluding carboxylic acids is 1. The van der Waals surface area contributed by atoms with Gasteiger partial charge < -0.3 is 15.2 Å². The first-order valence-electron chi connectivity index (χ1n) is 6.23. The molecular weight excluding hydrogens is 280 g/mol. The Balaban J connectivity index is 2.31. The average Bonchev–Trinajstić information content (AvgIpc) is 2.75. The summed E-state index contributed by atoms with van der Waals surface area (Å²) >= 11 is 0. The third-order valence-electron chi connectivity index (χ3n) is 3.26. The zero-order chi connectivity index (χ0) is 15.7. The highest BCUT2D eigenvalue weighted by molar-refractivity contribution is 5.95. The van der Waals surface area contributed by atoms with Crippen molar-refractivity contribution >= 4 is 11.6 Å². The fourth-order valence-electron chi connectivity index (χ4n) is 1.99. The van der Waals surface area contributed by atoms with Gasteiger partial charge in [0.15, 0.2) is 5.82 Å². The number of amides is 1. The van der Waals surface area contributed by atoms with Crippen LogP contribution in [-0.4, -0.2) is 23.0 Å². The lowest BCUT2D eigenvalue weighted by atomic mass is 10.1. The van der Waals surface area contributed by atoms with E-state index in [0.717, 1.165) is 12.1 Å². The number of aryl methyl sites for hydroxylation is 2. The van der Waals surface area contributed by atoms with Crippen molar-refractivity contribution in [3.05, 3.63) is 46.3 Å². The minimum absolute atomic E-state index is 0.133. The first kappa shape index (κ1) is 15.0. The molecule has 0 aliphatic heterocycles. The molecule has 1 amide bonds. The maximum absolute atomic E-state index is 13.9. The predicted octanol–water partition coefficient (Wildman–Crippen LogP) is 2.42. The quantitative estimate of drug-likeness (QED) is 0.883. The largest absolute Gasteiger partial charge is 0.396 e. The van der Waals surface area contributed by atoms with Crippen LogP contribution in [0.15, 0.2) is 16.7 Å². The van der Waals surface area contributed by atoms with E-state index in [1.54, 1.807) is 13.8 Å². The molecule has 1 heterocycles. The molecule has 0 fully saturated rings. The number of hydrogen-bond acceptors (Lipinski definition) is 4. The molecule has 0 saturated carbocycles. The van der Waals surface area contributed by atoms with Gasteiger partial charge in [-0.1, -0.05) is 5.16 Å². The fraction of sp³-hybridized carbons (Fsp3) is 0.286. The second-order valence-corrected chi connectivity index (χ2v) is 4.79. The summed E-state index contributed by atoms with van der Waals surface area (Å²) in [7, 11) is 1.44. The molecule has 0 radical (unpaired) electrons. The normalized spacial score (nSPS) is 10.7. The van der Waals surface area contributed by atoms with E-state index >= 15 is 0 Å². The molecule has 0 unspecified atom stereocenters. The van der Waals surface area contributed by atoms with Gasteiger partial charge >= 0.3 is 0 Å². The molecule has 0 spiro atoms. The van der Waals surface area contributed by atoms with E-state index in [1.807, 2.05) is 0 Å². The van der Waals surface area contributed by atoms with Crippen molar-refractivity contribution in [2.75, 3.05) is 12.8 Å². The Morgan fingerprint density at radius 3 is 2.62 bits per heavy atom. The molecule has 5 nitrogen and oxygen atoms in total. The molecule has 21 heavy (non-hydrogen) atoms. The molecular formula is C14H15F2N3O2. The van der Waals surface area contributed by atoms with Crippen LogP contribution in [0.3, 0.4) is 0 Å². The van der Waals surface area contributed by atoms with Gasteiger partial charge in [-0.05, 0) is 26.0 Å². The first-order valence-corrected chi connectivity index (χ1v) is 6.23. The SMILES string of the molecule is Cc1noc(C)c1CN(C)C(=O)c1c(F)ccc(N)c1F. The van der Waals surface area contributed by atoms with Gasteiger partial charge in [0.25, 0.3) is 5.91 Å². The zero-order valence-electron chi connectivity index (χ0n) is 11.9. The molecule has 112 valence electrons. The number of nitrogens with zero attached hydrogens (tertiary/aromatic N) is 2. The van der Waals surface area contributed by atoms with Gasteiger partial charge in [0.05, 0.1) is 17.9 Å². The lowest BCUT2D eigenvalue weighted by molar-refractivity contribution is 0.0775. The molecule has 2 aromatic rings. The van der Waals surface area contributed by atoms with Gasteiger partial charge in [-0.2, -0.15) is 0 Å². The Morgan fingerprint density at radius 2 is 2.05 bits per heavy atom. The standard InChI is InChI=1S/C14H15F2N3O2/c1-7-9(8(2)21-18-7)6-19(3)14(20)12-10(15)4-5-11(17)13(12)16/h4-5H,6,17H2,1-3H3. The van der Waals surface area contributed by atoms with Crippen LogP contribution in [-0.2, 0) is 6.54 Å². The molecule has 7 heteroatoms. The molecule has 1 aromatic heterocycles. The van der Waals surface area contributed by atoms with Crippen molar-refractivity contribution in [2.45, 2.75) is 20.4 Å². The highest BCUT2D eigenvalue weighted by Crippen LogP contribution is 2.21. The lowest BCUT2D eigenvalue weighted by Gasteiger charge is -2.18. The molecule has 0 bridgehead atoms. The zero-order valence-corrected chi connectivity index (χ0v) is 11.9. The van der Waals surface area contributed by atoms with Gasteiger partial charge in [0.1, 0.15) is 17.1 Å². The number of carbonyl (C=O) groups is 1. The van der Waals surface area contributed by atoms with Crippen LogP contribution in [0.2, 0.25) is 0 Å². The number of aromatic nitrogens is 1. The molecule has 0 aliphatic rings. The van der Waals surface area contributed by atoms with E-state index < -0.39 is 23.1 Å². The van der Waals surface area contributed by atoms with Gasteiger partial charge in [0, 0.05) is 12.6 Å². The summed E-state index contributed by atoms with van der Waals surface area (Å²) in [5.41, 5.74) is 5.77. The number of benzene rings is 1. The Bertz CT molecular complexity index is 678. The van der Waals surface area contributed by atoms with Crippen molar-refractivity contribution < 1.29 is 18.1 Å². The van der Waals surface area contributed by atoms with E-state index in [0.29, 0.717) is 17.0 Å². The maximum atomic E-state index is 13.9. The molecule has 0 saturated heterocycles. The van der Waals surface area contributed by atoms with Gasteiger partial charge in [-0.15, -0.1) is 0 Å². The highest BCUT2D eigenvalue weighted by Gasteiger charge is 2.24. The molecule has 2 rings (SSSR count). The topological polar surface area (TPSA) is 72.4 Å². The molecule has 2 N–H and O–H groups in total. The van der Waals surface area contributed by atoms with Gasteiger partial charge in [-0.25, -0.2) is 8.78 Å². The van der Waals surface area contributed by atoms with Crippen molar-refractivity contribution in [1.29, 1.82) is 0 Å². The first-order chi connectivity index (χ1) is 9.82. The van der Waals surface area contributed by atoms with Gasteiger partial charge in [0.2, 0.25) is 0 Å². The van der Waals surface area contributed by atoms with Crippen LogP contribution in [0.5, 0.6) is 0 Å². The minimum atomic E-state index is -1.05. The summed E-state index contributed by atoms with van der Waals surface area (Å²) in [5, 5.41) is 3.77. The monoisotopic (exact) mass is 295 g/mol. The summed E-state index contributed by atoms with van der Waals surface area (Å²) in [4.78, 5) is 13.4. The predicted molar refractivity (Wildman–Crippen MR) is 72.5 cm³/mol. The van der Waals surface area contributed by atoms with E-state index in [2.05, 4.69) is 5.16 Å². The average molecular weight is 295 g/mol. The second-order valence-electron chi connectivity index (χ2n) is 4.79. The van der Waals surface area contributed by atoms with E-state index in [-0.39, 0.29) is 12.2 Å². The third kappa shape index (κ3) is 2.72. The van der Waals surface area contributed by atoms with Crippen molar-refractivity contribution in [3.8, 4) is 0 Å². The lowest BCUT2D eigenvalue weighted by Crippen LogP contribution is -2.28. The maximum Gasteiger partial charge on any atom is 0.259 e. The number of halogens is 2. The number of rotatable bonds is 3. The second kappa shape index (κ2) is 5.51. The van der Waals surface area contributed by atoms with Crippen LogP contribution >= 0.6 is 0 Å². The van der Waals surface area contributed by atoms with Crippen LogP contribution in [0.25, 0.3) is 0 Å². The summed E-state index contributed by atoms with van der Waals surface area (Å²) in [6, 6.07) is 2.05. The fourth-order valence-corrected chi connectivity index (χ4v) is 1.99. The van der Waals surface area contributed by atoms with Crippen LogP contribution in [0.4, 0.5) is 14.5 Å². The Hall–Kier alpha value is -2.44. The number of nitrogens with two attached hydrogens (primary N) is 1. The molecule has 0 atom stereocenters. The Labute approximate surface area is 120 Å². The summed E-state index contributed by atoms with van der Waals surface area (Å²) in [6.45, 7) is 3.56. The Morgan fingerprint density at radius 1 is 1.38 bits per heavy atom. The van der Waals surface area contributed by atoms with E-state index in [9.17, 15) is 13.6 Å². The molecule has 1 aromatic carbocycles. The van der Waals surface area contributed by atoms with Crippen molar-refractivity contribution in [3.63, 3.8) is 0 Å². The van der Waals surface area contributed by atoms with Crippen LogP contribution in [0, 0.1) is 25.5 Å². The summed E-state index contributed by atoms with van der Waals surface area (Å²) < 4.78 is 32.6. The summed E-state index contributed by atoms with van der Waals surface area (Å²) in [5.74, 6) is -2.24. The van der Waals surface area contributed by atoms with Crippen molar-refractivity contribution in [2.24, 2.45) is 0 Å². The molecule has 0 aliphatic carbocycles. The summed E-state index contributed by atoms with van der Waals surface area (Å²) in [6.07, 6.45) is 0. The highest BCUT2D eigenvalue weighted by atomic mass is 19.1. The third-order valence-corrected chi connectivity index (χ3v) is 3.26. The smallest absolute Gasteiger partial charge is 0.259 e. The van der Waals surface area contributed by atoms with Crippen molar-refractivity contribution in [1.82, 2.24) is 10.1 Å². The minimum Gasteiger partial charge on any atom is -0.396 e. The van der Waals surface area contributed by atoms with Gasteiger partial charge in [-0.3, -0.25) is 4.79 Å².